The standard InChI is InChI=1S/C13H17NO4/c1-8-3-4-14(9(2)5-8)12(15)11-6-10(7-18-11)13(16)17/h6-9H,3-5H2,1-2H3,(H,16,17). The van der Waals surface area contributed by atoms with Crippen LogP contribution in [0.2, 0.25) is 0 Å². The fourth-order valence-corrected chi connectivity index (χ4v) is 2.41. The van der Waals surface area contributed by atoms with Crippen LogP contribution in [0.5, 0.6) is 0 Å². The van der Waals surface area contributed by atoms with Crippen LogP contribution in [0.25, 0.3) is 0 Å². The van der Waals surface area contributed by atoms with E-state index >= 15 is 0 Å². The molecule has 0 radical (unpaired) electrons. The molecule has 5 heteroatoms. The summed E-state index contributed by atoms with van der Waals surface area (Å²) in [5, 5.41) is 8.79. The van der Waals surface area contributed by atoms with Crippen molar-refractivity contribution in [2.75, 3.05) is 6.54 Å². The van der Waals surface area contributed by atoms with Crippen LogP contribution in [0.4, 0.5) is 0 Å². The second-order valence-corrected chi connectivity index (χ2v) is 4.98. The average Bonchev–Trinajstić information content (AvgIpc) is 2.77. The summed E-state index contributed by atoms with van der Waals surface area (Å²) in [7, 11) is 0. The number of carboxylic acids is 1. The Morgan fingerprint density at radius 3 is 2.72 bits per heavy atom. The molecule has 0 saturated carbocycles. The van der Waals surface area contributed by atoms with E-state index in [9.17, 15) is 9.59 Å². The first-order valence-electron chi connectivity index (χ1n) is 6.12. The van der Waals surface area contributed by atoms with Crippen molar-refractivity contribution >= 4 is 11.9 Å². The van der Waals surface area contributed by atoms with Crippen molar-refractivity contribution in [2.45, 2.75) is 32.7 Å². The highest BCUT2D eigenvalue weighted by atomic mass is 16.4. The number of rotatable bonds is 2. The van der Waals surface area contributed by atoms with Gasteiger partial charge in [-0.15, -0.1) is 0 Å². The maximum absolute atomic E-state index is 12.2. The molecule has 1 fully saturated rings. The molecule has 98 valence electrons. The van der Waals surface area contributed by atoms with E-state index in [1.54, 1.807) is 4.90 Å². The molecule has 1 aromatic heterocycles. The van der Waals surface area contributed by atoms with Gasteiger partial charge in [-0.25, -0.2) is 4.79 Å². The van der Waals surface area contributed by atoms with E-state index in [4.69, 9.17) is 9.52 Å². The quantitative estimate of drug-likeness (QED) is 0.875. The number of furan rings is 1. The van der Waals surface area contributed by atoms with Gasteiger partial charge in [-0.3, -0.25) is 4.79 Å². The minimum atomic E-state index is -1.09. The zero-order valence-electron chi connectivity index (χ0n) is 10.5. The van der Waals surface area contributed by atoms with Crippen molar-refractivity contribution < 1.29 is 19.1 Å². The summed E-state index contributed by atoms with van der Waals surface area (Å²) in [6, 6.07) is 1.45. The number of carbonyl (C=O) groups is 2. The highest BCUT2D eigenvalue weighted by Gasteiger charge is 2.29. The van der Waals surface area contributed by atoms with Crippen LogP contribution in [-0.4, -0.2) is 34.5 Å². The molecule has 0 aliphatic carbocycles. The molecule has 1 saturated heterocycles. The molecule has 2 rings (SSSR count). The van der Waals surface area contributed by atoms with E-state index in [1.165, 1.54) is 6.07 Å². The molecule has 1 N–H and O–H groups in total. The summed E-state index contributed by atoms with van der Waals surface area (Å²) >= 11 is 0. The molecule has 1 amide bonds. The zero-order chi connectivity index (χ0) is 13.3. The molecule has 0 bridgehead atoms. The third kappa shape index (κ3) is 2.39. The summed E-state index contributed by atoms with van der Waals surface area (Å²) < 4.78 is 5.04. The minimum Gasteiger partial charge on any atom is -0.478 e. The molecule has 2 heterocycles. The highest BCUT2D eigenvalue weighted by Crippen LogP contribution is 2.24. The number of piperidine rings is 1. The Morgan fingerprint density at radius 2 is 2.17 bits per heavy atom. The van der Waals surface area contributed by atoms with E-state index in [0.717, 1.165) is 19.1 Å². The highest BCUT2D eigenvalue weighted by molar-refractivity contribution is 5.95. The van der Waals surface area contributed by atoms with Gasteiger partial charge in [0.05, 0.1) is 5.56 Å². The molecule has 1 aliphatic rings. The van der Waals surface area contributed by atoms with Gasteiger partial charge in [-0.05, 0) is 25.7 Å². The van der Waals surface area contributed by atoms with Gasteiger partial charge in [-0.2, -0.15) is 0 Å². The molecule has 0 spiro atoms. The number of nitrogens with zero attached hydrogens (tertiary/aromatic N) is 1. The Labute approximate surface area is 105 Å². The molecule has 0 aromatic carbocycles. The lowest BCUT2D eigenvalue weighted by Crippen LogP contribution is -2.44. The number of hydrogen-bond acceptors (Lipinski definition) is 3. The fourth-order valence-electron chi connectivity index (χ4n) is 2.41. The van der Waals surface area contributed by atoms with Gasteiger partial charge in [-0.1, -0.05) is 6.92 Å². The number of carbonyl (C=O) groups excluding carboxylic acids is 1. The van der Waals surface area contributed by atoms with E-state index in [1.807, 2.05) is 6.92 Å². The van der Waals surface area contributed by atoms with Crippen LogP contribution >= 0.6 is 0 Å². The minimum absolute atomic E-state index is 0.0105. The largest absolute Gasteiger partial charge is 0.478 e. The SMILES string of the molecule is CC1CCN(C(=O)c2cc(C(=O)O)co2)C(C)C1. The second-order valence-electron chi connectivity index (χ2n) is 4.98. The lowest BCUT2D eigenvalue weighted by Gasteiger charge is -2.35. The monoisotopic (exact) mass is 251 g/mol. The Bertz CT molecular complexity index is 465. The van der Waals surface area contributed by atoms with Crippen molar-refractivity contribution in [2.24, 2.45) is 5.92 Å². The molecule has 2 atom stereocenters. The maximum atomic E-state index is 12.2. The van der Waals surface area contributed by atoms with Crippen molar-refractivity contribution in [3.05, 3.63) is 23.7 Å². The average molecular weight is 251 g/mol. The molecule has 1 aromatic rings. The lowest BCUT2D eigenvalue weighted by molar-refractivity contribution is 0.0556. The molecule has 5 nitrogen and oxygen atoms in total. The Hall–Kier alpha value is -1.78. The van der Waals surface area contributed by atoms with E-state index < -0.39 is 5.97 Å². The first kappa shape index (κ1) is 12.7. The summed E-state index contributed by atoms with van der Waals surface area (Å²) in [6.45, 7) is 4.88. The molecular formula is C13H17NO4. The smallest absolute Gasteiger partial charge is 0.338 e. The fraction of sp³-hybridized carbons (Fsp3) is 0.538. The molecule has 1 aliphatic heterocycles. The Morgan fingerprint density at radius 1 is 1.44 bits per heavy atom. The van der Waals surface area contributed by atoms with Crippen molar-refractivity contribution in [3.8, 4) is 0 Å². The summed E-state index contributed by atoms with van der Waals surface area (Å²) in [6.07, 6.45) is 3.05. The summed E-state index contributed by atoms with van der Waals surface area (Å²) in [5.74, 6) is -0.580. The molecular weight excluding hydrogens is 234 g/mol. The topological polar surface area (TPSA) is 70.8 Å². The first-order chi connectivity index (χ1) is 8.49. The van der Waals surface area contributed by atoms with E-state index in [0.29, 0.717) is 12.5 Å². The summed E-state index contributed by atoms with van der Waals surface area (Å²) in [4.78, 5) is 24.7. The van der Waals surface area contributed by atoms with Crippen molar-refractivity contribution in [1.29, 1.82) is 0 Å². The predicted molar refractivity (Wildman–Crippen MR) is 64.6 cm³/mol. The number of carboxylic acid groups (broad SMARTS) is 1. The predicted octanol–water partition coefficient (Wildman–Crippen LogP) is 2.24. The first-order valence-corrected chi connectivity index (χ1v) is 6.12. The van der Waals surface area contributed by atoms with Gasteiger partial charge in [0.15, 0.2) is 5.76 Å². The normalized spacial score (nSPS) is 24.0. The third-order valence-electron chi connectivity index (χ3n) is 3.46. The number of hydrogen-bond donors (Lipinski definition) is 1. The van der Waals surface area contributed by atoms with Gasteiger partial charge >= 0.3 is 5.97 Å². The Kier molecular flexibility index (Phi) is 3.41. The number of amides is 1. The van der Waals surface area contributed by atoms with E-state index in [-0.39, 0.29) is 23.3 Å². The van der Waals surface area contributed by atoms with Gasteiger partial charge in [0.25, 0.3) is 5.91 Å². The van der Waals surface area contributed by atoms with Crippen LogP contribution in [-0.2, 0) is 0 Å². The van der Waals surface area contributed by atoms with Crippen LogP contribution in [0, 0.1) is 5.92 Å². The van der Waals surface area contributed by atoms with Gasteiger partial charge in [0.1, 0.15) is 6.26 Å². The Balaban J connectivity index is 2.13. The van der Waals surface area contributed by atoms with Gasteiger partial charge in [0.2, 0.25) is 0 Å². The lowest BCUT2D eigenvalue weighted by atomic mass is 9.93. The van der Waals surface area contributed by atoms with Crippen LogP contribution in [0.3, 0.4) is 0 Å². The van der Waals surface area contributed by atoms with Crippen LogP contribution in [0.15, 0.2) is 16.7 Å². The molecule has 2 unspecified atom stereocenters. The van der Waals surface area contributed by atoms with Crippen molar-refractivity contribution in [1.82, 2.24) is 4.90 Å². The van der Waals surface area contributed by atoms with Crippen LogP contribution < -0.4 is 0 Å². The van der Waals surface area contributed by atoms with E-state index in [2.05, 4.69) is 6.92 Å². The van der Waals surface area contributed by atoms with Gasteiger partial charge < -0.3 is 14.4 Å². The second kappa shape index (κ2) is 4.84. The van der Waals surface area contributed by atoms with Crippen LogP contribution in [0.1, 0.15) is 47.6 Å². The zero-order valence-corrected chi connectivity index (χ0v) is 10.5. The van der Waals surface area contributed by atoms with Gasteiger partial charge in [0, 0.05) is 18.7 Å². The number of likely N-dealkylation sites (tertiary alicyclic amines) is 1. The maximum Gasteiger partial charge on any atom is 0.338 e. The van der Waals surface area contributed by atoms with Crippen molar-refractivity contribution in [3.63, 3.8) is 0 Å². The number of aromatic carboxylic acids is 1. The third-order valence-corrected chi connectivity index (χ3v) is 3.46. The summed E-state index contributed by atoms with van der Waals surface area (Å²) in [5.41, 5.74) is 0.0105. The molecule has 18 heavy (non-hydrogen) atoms.